The summed E-state index contributed by atoms with van der Waals surface area (Å²) in [7, 11) is 0. The number of carboxylic acid groups (broad SMARTS) is 1. The van der Waals surface area contributed by atoms with Crippen LogP contribution >= 0.6 is 11.3 Å². The lowest BCUT2D eigenvalue weighted by molar-refractivity contribution is -0.149. The molecule has 2 rings (SSSR count). The molecule has 1 atom stereocenters. The monoisotopic (exact) mass is 267 g/mol. The van der Waals surface area contributed by atoms with Gasteiger partial charge in [-0.05, 0) is 45.2 Å². The molecule has 0 saturated heterocycles. The van der Waals surface area contributed by atoms with Gasteiger partial charge in [-0.15, -0.1) is 11.3 Å². The van der Waals surface area contributed by atoms with Crippen molar-refractivity contribution < 1.29 is 14.7 Å². The molecule has 18 heavy (non-hydrogen) atoms. The fraction of sp³-hybridized carbons (Fsp3) is 0.538. The molecule has 0 aromatic carbocycles. The molecule has 5 heteroatoms. The van der Waals surface area contributed by atoms with Crippen LogP contribution in [0.4, 0.5) is 0 Å². The third-order valence-corrected chi connectivity index (χ3v) is 4.47. The molecule has 0 radical (unpaired) electrons. The van der Waals surface area contributed by atoms with E-state index in [0.29, 0.717) is 12.8 Å². The average molecular weight is 267 g/mol. The van der Waals surface area contributed by atoms with Gasteiger partial charge in [0, 0.05) is 9.75 Å². The molecule has 1 aromatic rings. The molecule has 0 aliphatic heterocycles. The second kappa shape index (κ2) is 4.39. The highest BCUT2D eigenvalue weighted by Crippen LogP contribution is 2.46. The summed E-state index contributed by atoms with van der Waals surface area (Å²) in [6, 6.07) is 1.91. The highest BCUT2D eigenvalue weighted by atomic mass is 32.1. The summed E-state index contributed by atoms with van der Waals surface area (Å²) in [5.41, 5.74) is -0.0835. The van der Waals surface area contributed by atoms with E-state index in [1.807, 2.05) is 26.8 Å². The lowest BCUT2D eigenvalue weighted by atomic mass is 10.0. The number of thiophene rings is 1. The van der Waals surface area contributed by atoms with Crippen molar-refractivity contribution in [1.82, 2.24) is 5.32 Å². The first kappa shape index (κ1) is 13.1. The lowest BCUT2D eigenvalue weighted by Gasteiger charge is -2.17. The maximum atomic E-state index is 12.0. The fourth-order valence-corrected chi connectivity index (χ4v) is 3.18. The molecule has 0 unspecified atom stereocenters. The van der Waals surface area contributed by atoms with Crippen LogP contribution in [0.5, 0.6) is 0 Å². The molecule has 1 aromatic heterocycles. The highest BCUT2D eigenvalue weighted by Gasteiger charge is 2.57. The number of aryl methyl sites for hydroxylation is 2. The number of hydrogen-bond acceptors (Lipinski definition) is 3. The predicted octanol–water partition coefficient (Wildman–Crippen LogP) is 2.41. The molecule has 1 aliphatic rings. The average Bonchev–Trinajstić information content (AvgIpc) is 3.00. The van der Waals surface area contributed by atoms with Crippen LogP contribution in [0.1, 0.15) is 41.1 Å². The topological polar surface area (TPSA) is 66.4 Å². The normalized spacial score (nSPS) is 18.2. The van der Waals surface area contributed by atoms with Gasteiger partial charge in [-0.2, -0.15) is 0 Å². The zero-order valence-corrected chi connectivity index (χ0v) is 11.6. The molecule has 0 spiro atoms. The van der Waals surface area contributed by atoms with E-state index in [4.69, 9.17) is 5.11 Å². The van der Waals surface area contributed by atoms with Crippen molar-refractivity contribution in [3.8, 4) is 0 Å². The minimum absolute atomic E-state index is 0.140. The highest BCUT2D eigenvalue weighted by molar-refractivity contribution is 7.12. The van der Waals surface area contributed by atoms with E-state index in [1.54, 1.807) is 11.3 Å². The standard InChI is InChI=1S/C13H17NO3S/c1-7-6-10(9(3)18-7)8(2)14-11(15)13(4-5-13)12(16)17/h6,8H,4-5H2,1-3H3,(H,14,15)(H,16,17)/t8-/m0/s1. The van der Waals surface area contributed by atoms with Crippen molar-refractivity contribution in [3.05, 3.63) is 21.4 Å². The van der Waals surface area contributed by atoms with Crippen LogP contribution in [0.3, 0.4) is 0 Å². The van der Waals surface area contributed by atoms with Gasteiger partial charge >= 0.3 is 5.97 Å². The second-order valence-electron chi connectivity index (χ2n) is 4.95. The summed E-state index contributed by atoms with van der Waals surface area (Å²) in [6.07, 6.45) is 0.894. The Morgan fingerprint density at radius 3 is 2.44 bits per heavy atom. The van der Waals surface area contributed by atoms with Gasteiger partial charge in [-0.25, -0.2) is 0 Å². The molecule has 1 fully saturated rings. The Hall–Kier alpha value is -1.36. The molecule has 1 aliphatic carbocycles. The van der Waals surface area contributed by atoms with Crippen LogP contribution in [0, 0.1) is 19.3 Å². The molecule has 0 bridgehead atoms. The van der Waals surface area contributed by atoms with Crippen molar-refractivity contribution in [1.29, 1.82) is 0 Å². The molecular weight excluding hydrogens is 250 g/mol. The number of nitrogens with one attached hydrogen (secondary N) is 1. The van der Waals surface area contributed by atoms with Crippen LogP contribution in [-0.2, 0) is 9.59 Å². The third-order valence-electron chi connectivity index (χ3n) is 3.49. The lowest BCUT2D eigenvalue weighted by Crippen LogP contribution is -2.38. The van der Waals surface area contributed by atoms with Gasteiger partial charge in [-0.3, -0.25) is 9.59 Å². The van der Waals surface area contributed by atoms with Gasteiger partial charge in [0.25, 0.3) is 0 Å². The van der Waals surface area contributed by atoms with Crippen molar-refractivity contribution in [2.75, 3.05) is 0 Å². The molecule has 4 nitrogen and oxygen atoms in total. The summed E-state index contributed by atoms with van der Waals surface area (Å²) < 4.78 is 0. The fourth-order valence-electron chi connectivity index (χ4n) is 2.16. The largest absolute Gasteiger partial charge is 0.480 e. The first-order valence-electron chi connectivity index (χ1n) is 5.98. The van der Waals surface area contributed by atoms with E-state index in [2.05, 4.69) is 5.32 Å². The Morgan fingerprint density at radius 2 is 2.06 bits per heavy atom. The summed E-state index contributed by atoms with van der Waals surface area (Å²) in [6.45, 7) is 5.93. The zero-order valence-electron chi connectivity index (χ0n) is 10.7. The maximum absolute atomic E-state index is 12.0. The Kier molecular flexibility index (Phi) is 3.19. The van der Waals surface area contributed by atoms with E-state index in [9.17, 15) is 9.59 Å². The number of carboxylic acids is 1. The van der Waals surface area contributed by atoms with Crippen molar-refractivity contribution in [3.63, 3.8) is 0 Å². The molecular formula is C13H17NO3S. The van der Waals surface area contributed by atoms with Crippen LogP contribution in [0.15, 0.2) is 6.07 Å². The van der Waals surface area contributed by atoms with Gasteiger partial charge in [0.2, 0.25) is 5.91 Å². The van der Waals surface area contributed by atoms with Gasteiger partial charge in [0.15, 0.2) is 0 Å². The van der Waals surface area contributed by atoms with Gasteiger partial charge in [0.1, 0.15) is 5.41 Å². The predicted molar refractivity (Wildman–Crippen MR) is 69.7 cm³/mol. The Morgan fingerprint density at radius 1 is 1.44 bits per heavy atom. The molecule has 1 heterocycles. The third kappa shape index (κ3) is 2.14. The van der Waals surface area contributed by atoms with Crippen LogP contribution < -0.4 is 5.32 Å². The van der Waals surface area contributed by atoms with Crippen molar-refractivity contribution >= 4 is 23.2 Å². The number of aliphatic carboxylic acids is 1. The number of hydrogen-bond donors (Lipinski definition) is 2. The number of amides is 1. The minimum Gasteiger partial charge on any atom is -0.480 e. The van der Waals surface area contributed by atoms with Crippen molar-refractivity contribution in [2.45, 2.75) is 39.7 Å². The molecule has 2 N–H and O–H groups in total. The Labute approximate surface area is 110 Å². The minimum atomic E-state index is -1.16. The Bertz CT molecular complexity index is 502. The molecule has 98 valence electrons. The first-order valence-corrected chi connectivity index (χ1v) is 6.80. The van der Waals surface area contributed by atoms with Gasteiger partial charge in [0.05, 0.1) is 6.04 Å². The zero-order chi connectivity index (χ0) is 13.5. The smallest absolute Gasteiger partial charge is 0.319 e. The van der Waals surface area contributed by atoms with E-state index in [0.717, 1.165) is 5.56 Å². The van der Waals surface area contributed by atoms with Crippen LogP contribution in [-0.4, -0.2) is 17.0 Å². The van der Waals surface area contributed by atoms with Gasteiger partial charge < -0.3 is 10.4 Å². The maximum Gasteiger partial charge on any atom is 0.319 e. The quantitative estimate of drug-likeness (QED) is 0.823. The summed E-state index contributed by atoms with van der Waals surface area (Å²) in [4.78, 5) is 25.4. The van der Waals surface area contributed by atoms with E-state index >= 15 is 0 Å². The van der Waals surface area contributed by atoms with E-state index in [-0.39, 0.29) is 11.9 Å². The van der Waals surface area contributed by atoms with Crippen LogP contribution in [0.2, 0.25) is 0 Å². The SMILES string of the molecule is Cc1cc([C@H](C)NC(=O)C2(C(=O)O)CC2)c(C)s1. The van der Waals surface area contributed by atoms with Crippen molar-refractivity contribution in [2.24, 2.45) is 5.41 Å². The first-order chi connectivity index (χ1) is 8.36. The number of carbonyl (C=O) groups excluding carboxylic acids is 1. The number of rotatable bonds is 4. The molecule has 1 amide bonds. The Balaban J connectivity index is 2.08. The summed E-state index contributed by atoms with van der Waals surface area (Å²) in [5.74, 6) is -1.36. The van der Waals surface area contributed by atoms with Crippen LogP contribution in [0.25, 0.3) is 0 Å². The number of carbonyl (C=O) groups is 2. The summed E-state index contributed by atoms with van der Waals surface area (Å²) >= 11 is 1.69. The van der Waals surface area contributed by atoms with E-state index in [1.165, 1.54) is 9.75 Å². The summed E-state index contributed by atoms with van der Waals surface area (Å²) in [5, 5.41) is 11.9. The van der Waals surface area contributed by atoms with Gasteiger partial charge in [-0.1, -0.05) is 0 Å². The van der Waals surface area contributed by atoms with E-state index < -0.39 is 11.4 Å². The second-order valence-corrected chi connectivity index (χ2v) is 6.41. The molecule has 1 saturated carbocycles.